The molecule has 4 nitrogen and oxygen atoms in total. The molecule has 2 fully saturated rings. The van der Waals surface area contributed by atoms with Gasteiger partial charge in [0.15, 0.2) is 18.2 Å². The molecule has 0 spiro atoms. The first kappa shape index (κ1) is 15.9. The van der Waals surface area contributed by atoms with Gasteiger partial charge in [0.05, 0.1) is 0 Å². The number of esters is 1. The zero-order chi connectivity index (χ0) is 16.4. The number of carbonyl (C=O) groups excluding carboxylic acids is 2. The van der Waals surface area contributed by atoms with E-state index in [-0.39, 0.29) is 11.7 Å². The van der Waals surface area contributed by atoms with Gasteiger partial charge in [-0.2, -0.15) is 0 Å². The monoisotopic (exact) mass is 323 g/mol. The number of hydrogen-bond donors (Lipinski definition) is 1. The van der Waals surface area contributed by atoms with Crippen LogP contribution in [-0.4, -0.2) is 18.5 Å². The Hall–Kier alpha value is -1.98. The second kappa shape index (κ2) is 6.64. The van der Waals surface area contributed by atoms with E-state index in [2.05, 4.69) is 5.32 Å². The number of amides is 1. The molecule has 0 heterocycles. The largest absolute Gasteiger partial charge is 0.456 e. The molecule has 0 saturated heterocycles. The van der Waals surface area contributed by atoms with Crippen molar-refractivity contribution in [2.45, 2.75) is 32.1 Å². The maximum Gasteiger partial charge on any atom is 0.306 e. The molecule has 0 aromatic heterocycles. The molecule has 1 aromatic rings. The molecule has 1 amide bonds. The number of benzene rings is 1. The summed E-state index contributed by atoms with van der Waals surface area (Å²) in [6, 6.07) is 3.05. The van der Waals surface area contributed by atoms with Crippen molar-refractivity contribution in [3.8, 4) is 0 Å². The van der Waals surface area contributed by atoms with Crippen LogP contribution in [-0.2, 0) is 14.3 Å². The fourth-order valence-corrected chi connectivity index (χ4v) is 3.82. The first-order valence-electron chi connectivity index (χ1n) is 7.92. The summed E-state index contributed by atoms with van der Waals surface area (Å²) in [5.74, 6) is -1.20. The maximum absolute atomic E-state index is 13.0. The zero-order valence-electron chi connectivity index (χ0n) is 12.7. The summed E-state index contributed by atoms with van der Waals surface area (Å²) in [5.41, 5.74) is 0.123. The van der Waals surface area contributed by atoms with Crippen molar-refractivity contribution >= 4 is 17.6 Å². The van der Waals surface area contributed by atoms with Gasteiger partial charge in [-0.05, 0) is 49.1 Å². The molecule has 2 aliphatic rings. The van der Waals surface area contributed by atoms with Crippen LogP contribution >= 0.6 is 0 Å². The Morgan fingerprint density at radius 1 is 1.17 bits per heavy atom. The van der Waals surface area contributed by atoms with Crippen molar-refractivity contribution in [2.75, 3.05) is 11.9 Å². The summed E-state index contributed by atoms with van der Waals surface area (Å²) >= 11 is 0. The molecule has 2 aliphatic carbocycles. The first-order valence-corrected chi connectivity index (χ1v) is 7.92. The third-order valence-corrected chi connectivity index (χ3v) is 4.88. The van der Waals surface area contributed by atoms with Crippen molar-refractivity contribution in [3.63, 3.8) is 0 Å². The molecule has 2 bridgehead atoms. The minimum Gasteiger partial charge on any atom is -0.456 e. The summed E-state index contributed by atoms with van der Waals surface area (Å²) in [4.78, 5) is 23.5. The van der Waals surface area contributed by atoms with Gasteiger partial charge < -0.3 is 10.1 Å². The summed E-state index contributed by atoms with van der Waals surface area (Å²) in [6.07, 6.45) is 5.13. The highest BCUT2D eigenvalue weighted by atomic mass is 19.2. The van der Waals surface area contributed by atoms with E-state index < -0.39 is 24.1 Å². The van der Waals surface area contributed by atoms with Gasteiger partial charge in [0.25, 0.3) is 5.91 Å². The fourth-order valence-electron chi connectivity index (χ4n) is 3.82. The van der Waals surface area contributed by atoms with Crippen molar-refractivity contribution in [2.24, 2.45) is 17.8 Å². The van der Waals surface area contributed by atoms with Crippen molar-refractivity contribution < 1.29 is 23.1 Å². The van der Waals surface area contributed by atoms with Gasteiger partial charge >= 0.3 is 5.97 Å². The molecule has 0 aliphatic heterocycles. The Bertz CT molecular complexity index is 620. The Morgan fingerprint density at radius 3 is 2.65 bits per heavy atom. The SMILES string of the molecule is O=C(COC(=O)C[C@H]1C[C@@H]2CC[C@@H]1C2)Nc1ccc(F)c(F)c1. The zero-order valence-corrected chi connectivity index (χ0v) is 12.7. The van der Waals surface area contributed by atoms with Crippen LogP contribution in [0.3, 0.4) is 0 Å². The smallest absolute Gasteiger partial charge is 0.306 e. The number of halogens is 2. The number of carbonyl (C=O) groups is 2. The third kappa shape index (κ3) is 3.86. The van der Waals surface area contributed by atoms with Crippen LogP contribution in [0.2, 0.25) is 0 Å². The van der Waals surface area contributed by atoms with Crippen LogP contribution in [0, 0.1) is 29.4 Å². The van der Waals surface area contributed by atoms with Crippen molar-refractivity contribution in [1.29, 1.82) is 0 Å². The summed E-state index contributed by atoms with van der Waals surface area (Å²) in [5, 5.41) is 2.36. The molecule has 124 valence electrons. The lowest BCUT2D eigenvalue weighted by Crippen LogP contribution is -2.23. The van der Waals surface area contributed by atoms with E-state index in [0.29, 0.717) is 18.3 Å². The van der Waals surface area contributed by atoms with E-state index in [1.54, 1.807) is 0 Å². The van der Waals surface area contributed by atoms with Crippen LogP contribution in [0.15, 0.2) is 18.2 Å². The fraction of sp³-hybridized carbons (Fsp3) is 0.529. The molecular formula is C17H19F2NO3. The molecular weight excluding hydrogens is 304 g/mol. The van der Waals surface area contributed by atoms with Gasteiger partial charge in [-0.25, -0.2) is 8.78 Å². The van der Waals surface area contributed by atoms with Crippen LogP contribution < -0.4 is 5.32 Å². The molecule has 0 radical (unpaired) electrons. The highest BCUT2D eigenvalue weighted by molar-refractivity contribution is 5.92. The molecule has 23 heavy (non-hydrogen) atoms. The average Bonchev–Trinajstić information content (AvgIpc) is 3.12. The van der Waals surface area contributed by atoms with E-state index in [0.717, 1.165) is 24.5 Å². The standard InChI is InChI=1S/C17H19F2NO3/c18-14-4-3-13(8-15(14)19)20-16(21)9-23-17(22)7-12-6-10-1-2-11(12)5-10/h3-4,8,10-12H,1-2,5-7,9H2,(H,20,21)/t10-,11-,12-/m1/s1. The predicted molar refractivity (Wildman–Crippen MR) is 79.5 cm³/mol. The second-order valence-electron chi connectivity index (χ2n) is 6.48. The Kier molecular flexibility index (Phi) is 4.59. The highest BCUT2D eigenvalue weighted by Crippen LogP contribution is 2.49. The molecule has 3 rings (SSSR count). The van der Waals surface area contributed by atoms with E-state index >= 15 is 0 Å². The minimum atomic E-state index is -1.05. The van der Waals surface area contributed by atoms with Crippen LogP contribution in [0.1, 0.15) is 32.1 Å². The van der Waals surface area contributed by atoms with Crippen LogP contribution in [0.5, 0.6) is 0 Å². The predicted octanol–water partition coefficient (Wildman–Crippen LogP) is 3.27. The topological polar surface area (TPSA) is 55.4 Å². The molecule has 1 N–H and O–H groups in total. The average molecular weight is 323 g/mol. The van der Waals surface area contributed by atoms with Gasteiger partial charge in [-0.3, -0.25) is 9.59 Å². The number of rotatable bonds is 5. The quantitative estimate of drug-likeness (QED) is 0.846. The Morgan fingerprint density at radius 2 is 2.00 bits per heavy atom. The number of anilines is 1. The van der Waals surface area contributed by atoms with E-state index in [9.17, 15) is 18.4 Å². The van der Waals surface area contributed by atoms with Gasteiger partial charge in [-0.1, -0.05) is 6.42 Å². The molecule has 1 aromatic carbocycles. The Labute approximate surface area is 133 Å². The number of nitrogens with one attached hydrogen (secondary N) is 1. The van der Waals surface area contributed by atoms with Crippen LogP contribution in [0.4, 0.5) is 14.5 Å². The maximum atomic E-state index is 13.0. The highest BCUT2D eigenvalue weighted by Gasteiger charge is 2.40. The number of ether oxygens (including phenoxy) is 1. The number of fused-ring (bicyclic) bond motifs is 2. The molecule has 6 heteroatoms. The van der Waals surface area contributed by atoms with E-state index in [4.69, 9.17) is 4.74 Å². The van der Waals surface area contributed by atoms with Gasteiger partial charge in [0.2, 0.25) is 0 Å². The normalized spacial score (nSPS) is 25.4. The first-order chi connectivity index (χ1) is 11.0. The molecule has 2 saturated carbocycles. The van der Waals surface area contributed by atoms with E-state index in [1.165, 1.54) is 25.3 Å². The van der Waals surface area contributed by atoms with Crippen molar-refractivity contribution in [3.05, 3.63) is 29.8 Å². The summed E-state index contributed by atoms with van der Waals surface area (Å²) in [7, 11) is 0. The Balaban J connectivity index is 1.41. The van der Waals surface area contributed by atoms with Gasteiger partial charge in [0.1, 0.15) is 0 Å². The van der Waals surface area contributed by atoms with Crippen LogP contribution in [0.25, 0.3) is 0 Å². The third-order valence-electron chi connectivity index (χ3n) is 4.88. The van der Waals surface area contributed by atoms with Crippen molar-refractivity contribution in [1.82, 2.24) is 0 Å². The van der Waals surface area contributed by atoms with Gasteiger partial charge in [0, 0.05) is 18.2 Å². The van der Waals surface area contributed by atoms with Gasteiger partial charge in [-0.15, -0.1) is 0 Å². The lowest BCUT2D eigenvalue weighted by Gasteiger charge is -2.20. The number of hydrogen-bond acceptors (Lipinski definition) is 3. The molecule has 3 atom stereocenters. The second-order valence-corrected chi connectivity index (χ2v) is 6.48. The lowest BCUT2D eigenvalue weighted by atomic mass is 9.86. The van der Waals surface area contributed by atoms with E-state index in [1.807, 2.05) is 0 Å². The lowest BCUT2D eigenvalue weighted by molar-refractivity contribution is -0.148. The summed E-state index contributed by atoms with van der Waals surface area (Å²) < 4.78 is 30.8. The molecule has 0 unspecified atom stereocenters. The summed E-state index contributed by atoms with van der Waals surface area (Å²) in [6.45, 7) is -0.418. The minimum absolute atomic E-state index is 0.123.